The first-order valence-electron chi connectivity index (χ1n) is 2.86. The molecule has 0 aliphatic rings. The average Bonchev–Trinajstić information content (AvgIpc) is 1.86. The number of hydrogen-bond donors (Lipinski definition) is 1. The molecule has 0 aliphatic carbocycles. The summed E-state index contributed by atoms with van der Waals surface area (Å²) in [5, 5.41) is 0. The van der Waals surface area contributed by atoms with E-state index in [0.717, 1.165) is 5.71 Å². The summed E-state index contributed by atoms with van der Waals surface area (Å²) in [5.74, 6) is 5.00. The fraction of sp³-hybridized carbons (Fsp3) is 0.833. The molecular weight excluding hydrogens is 116 g/mol. The molecule has 3 nitrogen and oxygen atoms in total. The lowest BCUT2D eigenvalue weighted by Gasteiger charge is -2.20. The second-order valence-corrected chi connectivity index (χ2v) is 2.44. The van der Waals surface area contributed by atoms with Crippen molar-refractivity contribution in [2.75, 3.05) is 7.05 Å². The van der Waals surface area contributed by atoms with Crippen LogP contribution in [0.15, 0.2) is 4.99 Å². The van der Waals surface area contributed by atoms with Crippen LogP contribution >= 0.6 is 0 Å². The lowest BCUT2D eigenvalue weighted by Crippen LogP contribution is -2.35. The van der Waals surface area contributed by atoms with E-state index in [4.69, 9.17) is 5.90 Å². The smallest absolute Gasteiger partial charge is 0.121 e. The zero-order valence-corrected chi connectivity index (χ0v) is 6.43. The molecule has 0 bridgehead atoms. The number of rotatable bonds is 2. The molecule has 0 fully saturated rings. The fourth-order valence-electron chi connectivity index (χ4n) is 0.355. The fourth-order valence-corrected chi connectivity index (χ4v) is 0.355. The minimum atomic E-state index is -0.422. The molecule has 3 heteroatoms. The molecule has 0 saturated heterocycles. The van der Waals surface area contributed by atoms with E-state index >= 15 is 0 Å². The summed E-state index contributed by atoms with van der Waals surface area (Å²) in [5.41, 5.74) is 0.472. The van der Waals surface area contributed by atoms with E-state index in [1.807, 2.05) is 20.8 Å². The van der Waals surface area contributed by atoms with E-state index in [9.17, 15) is 0 Å². The predicted molar refractivity (Wildman–Crippen MR) is 38.4 cm³/mol. The van der Waals surface area contributed by atoms with Crippen LogP contribution in [0.3, 0.4) is 0 Å². The maximum atomic E-state index is 5.00. The van der Waals surface area contributed by atoms with Crippen LogP contribution in [0, 0.1) is 0 Å². The Labute approximate surface area is 55.9 Å². The molecule has 0 aromatic carbocycles. The molecule has 0 radical (unpaired) electrons. The molecule has 9 heavy (non-hydrogen) atoms. The van der Waals surface area contributed by atoms with Crippen molar-refractivity contribution in [2.45, 2.75) is 26.4 Å². The molecule has 0 aromatic heterocycles. The maximum Gasteiger partial charge on any atom is 0.121 e. The molecule has 0 aromatic rings. The van der Waals surface area contributed by atoms with Gasteiger partial charge in [0.1, 0.15) is 5.60 Å². The zero-order valence-electron chi connectivity index (χ0n) is 6.43. The third-order valence-electron chi connectivity index (χ3n) is 1.50. The van der Waals surface area contributed by atoms with Gasteiger partial charge >= 0.3 is 0 Å². The summed E-state index contributed by atoms with van der Waals surface area (Å²) in [6, 6.07) is 0. The van der Waals surface area contributed by atoms with Gasteiger partial charge in [-0.3, -0.25) is 9.83 Å². The van der Waals surface area contributed by atoms with Gasteiger partial charge in [-0.15, -0.1) is 0 Å². The second kappa shape index (κ2) is 2.94. The van der Waals surface area contributed by atoms with Crippen LogP contribution in [0.1, 0.15) is 20.8 Å². The van der Waals surface area contributed by atoms with Gasteiger partial charge in [0.15, 0.2) is 0 Å². The largest absolute Gasteiger partial charge is 0.295 e. The standard InChI is InChI=1S/C6H14N2O/c1-5(8-4)6(2,3)9-7/h7H2,1-4H3. The van der Waals surface area contributed by atoms with E-state index in [1.54, 1.807) is 7.05 Å². The van der Waals surface area contributed by atoms with Crippen molar-refractivity contribution >= 4 is 5.71 Å². The van der Waals surface area contributed by atoms with Crippen molar-refractivity contribution in [1.29, 1.82) is 0 Å². The minimum absolute atomic E-state index is 0.422. The Kier molecular flexibility index (Phi) is 2.81. The Hall–Kier alpha value is -0.410. The highest BCUT2D eigenvalue weighted by Crippen LogP contribution is 2.07. The molecule has 0 saturated carbocycles. The molecule has 54 valence electrons. The molecule has 0 amide bonds. The summed E-state index contributed by atoms with van der Waals surface area (Å²) in [7, 11) is 1.72. The van der Waals surface area contributed by atoms with Gasteiger partial charge < -0.3 is 0 Å². The van der Waals surface area contributed by atoms with Gasteiger partial charge in [-0.25, -0.2) is 5.90 Å². The molecule has 0 aliphatic heterocycles. The summed E-state index contributed by atoms with van der Waals surface area (Å²) in [6.45, 7) is 5.62. The van der Waals surface area contributed by atoms with E-state index in [-0.39, 0.29) is 0 Å². The van der Waals surface area contributed by atoms with Gasteiger partial charge in [0.2, 0.25) is 0 Å². The van der Waals surface area contributed by atoms with Crippen molar-refractivity contribution in [3.63, 3.8) is 0 Å². The van der Waals surface area contributed by atoms with Gasteiger partial charge in [-0.2, -0.15) is 0 Å². The van der Waals surface area contributed by atoms with Gasteiger partial charge in [0, 0.05) is 12.8 Å². The Morgan fingerprint density at radius 1 is 1.56 bits per heavy atom. The van der Waals surface area contributed by atoms with Gasteiger partial charge in [0.25, 0.3) is 0 Å². The van der Waals surface area contributed by atoms with Crippen molar-refractivity contribution in [2.24, 2.45) is 10.9 Å². The Morgan fingerprint density at radius 2 is 2.00 bits per heavy atom. The quantitative estimate of drug-likeness (QED) is 0.443. The minimum Gasteiger partial charge on any atom is -0.295 e. The Bertz CT molecular complexity index is 118. The SMILES string of the molecule is CN=C(C)C(C)(C)ON. The van der Waals surface area contributed by atoms with Gasteiger partial charge in [-0.05, 0) is 20.8 Å². The number of hydrogen-bond acceptors (Lipinski definition) is 3. The van der Waals surface area contributed by atoms with Crippen LogP contribution in [-0.4, -0.2) is 18.4 Å². The zero-order chi connectivity index (χ0) is 7.49. The lowest BCUT2D eigenvalue weighted by molar-refractivity contribution is 0.0337. The lowest BCUT2D eigenvalue weighted by atomic mass is 10.1. The first-order valence-corrected chi connectivity index (χ1v) is 2.86. The van der Waals surface area contributed by atoms with E-state index in [2.05, 4.69) is 9.83 Å². The van der Waals surface area contributed by atoms with E-state index in [0.29, 0.717) is 0 Å². The van der Waals surface area contributed by atoms with Crippen molar-refractivity contribution in [3.8, 4) is 0 Å². The van der Waals surface area contributed by atoms with E-state index < -0.39 is 5.60 Å². The number of aliphatic imine (C=N–C) groups is 1. The average molecular weight is 130 g/mol. The van der Waals surface area contributed by atoms with Crippen molar-refractivity contribution < 1.29 is 4.84 Å². The van der Waals surface area contributed by atoms with Crippen molar-refractivity contribution in [1.82, 2.24) is 0 Å². The number of nitrogens with zero attached hydrogens (tertiary/aromatic N) is 1. The highest BCUT2D eigenvalue weighted by Gasteiger charge is 2.20. The Morgan fingerprint density at radius 3 is 2.11 bits per heavy atom. The van der Waals surface area contributed by atoms with Crippen molar-refractivity contribution in [3.05, 3.63) is 0 Å². The molecule has 2 N–H and O–H groups in total. The second-order valence-electron chi connectivity index (χ2n) is 2.44. The summed E-state index contributed by atoms with van der Waals surface area (Å²) >= 11 is 0. The first-order chi connectivity index (χ1) is 4.04. The maximum absolute atomic E-state index is 5.00. The predicted octanol–water partition coefficient (Wildman–Crippen LogP) is 0.746. The molecular formula is C6H14N2O. The Balaban J connectivity index is 4.14. The molecule has 0 unspecified atom stereocenters. The van der Waals surface area contributed by atoms with Crippen LogP contribution in [0.4, 0.5) is 0 Å². The van der Waals surface area contributed by atoms with Gasteiger partial charge in [0.05, 0.1) is 0 Å². The normalized spacial score (nSPS) is 14.1. The third kappa shape index (κ3) is 2.11. The topological polar surface area (TPSA) is 47.6 Å². The molecule has 0 heterocycles. The number of nitrogens with two attached hydrogens (primary N) is 1. The van der Waals surface area contributed by atoms with Gasteiger partial charge in [-0.1, -0.05) is 0 Å². The first kappa shape index (κ1) is 8.59. The third-order valence-corrected chi connectivity index (χ3v) is 1.50. The van der Waals surface area contributed by atoms with Crippen LogP contribution in [0.2, 0.25) is 0 Å². The van der Waals surface area contributed by atoms with E-state index in [1.165, 1.54) is 0 Å². The van der Waals surface area contributed by atoms with Crippen LogP contribution in [0.5, 0.6) is 0 Å². The monoisotopic (exact) mass is 130 g/mol. The molecule has 0 rings (SSSR count). The summed E-state index contributed by atoms with van der Waals surface area (Å²) < 4.78 is 0. The summed E-state index contributed by atoms with van der Waals surface area (Å²) in [6.07, 6.45) is 0. The van der Waals surface area contributed by atoms with Crippen LogP contribution < -0.4 is 5.90 Å². The summed E-state index contributed by atoms with van der Waals surface area (Å²) in [4.78, 5) is 8.60. The molecule has 0 spiro atoms. The van der Waals surface area contributed by atoms with Crippen LogP contribution in [-0.2, 0) is 4.84 Å². The highest BCUT2D eigenvalue weighted by atomic mass is 16.6. The van der Waals surface area contributed by atoms with Crippen LogP contribution in [0.25, 0.3) is 0 Å². The highest BCUT2D eigenvalue weighted by molar-refractivity contribution is 5.89. The molecule has 0 atom stereocenters.